The quantitative estimate of drug-likeness (QED) is 0.617. The molecule has 2 aromatic carbocycles. The second-order valence-corrected chi connectivity index (χ2v) is 9.49. The first-order valence-corrected chi connectivity index (χ1v) is 11.1. The lowest BCUT2D eigenvalue weighted by Gasteiger charge is -2.23. The highest BCUT2D eigenvalue weighted by atomic mass is 35.5. The minimum Gasteiger partial charge on any atom is -0.481 e. The van der Waals surface area contributed by atoms with E-state index in [9.17, 15) is 24.3 Å². The molecule has 172 valence electrons. The highest BCUT2D eigenvalue weighted by molar-refractivity contribution is 6.30. The van der Waals surface area contributed by atoms with Crippen LogP contribution in [0.4, 0.5) is 4.79 Å². The number of hydrogen-bond acceptors (Lipinski definition) is 5. The summed E-state index contributed by atoms with van der Waals surface area (Å²) in [7, 11) is 0. The minimum atomic E-state index is -1.27. The van der Waals surface area contributed by atoms with E-state index in [0.29, 0.717) is 23.4 Å². The molecule has 0 radical (unpaired) electrons. The Kier molecular flexibility index (Phi) is 6.01. The normalized spacial score (nSPS) is 24.1. The third kappa shape index (κ3) is 4.37. The fourth-order valence-electron chi connectivity index (χ4n) is 4.75. The van der Waals surface area contributed by atoms with Crippen LogP contribution in [0.1, 0.15) is 37.0 Å². The summed E-state index contributed by atoms with van der Waals surface area (Å²) in [6.45, 7) is 2.92. The zero-order valence-electron chi connectivity index (χ0n) is 18.3. The number of aliphatic carboxylic acids is 1. The number of carboxylic acid groups (broad SMARTS) is 1. The van der Waals surface area contributed by atoms with Gasteiger partial charge in [-0.15, -0.1) is 0 Å². The Balaban J connectivity index is 1.51. The van der Waals surface area contributed by atoms with Gasteiger partial charge in [0, 0.05) is 23.0 Å². The van der Waals surface area contributed by atoms with E-state index in [0.717, 1.165) is 16.0 Å². The molecule has 0 bridgehead atoms. The Morgan fingerprint density at radius 3 is 2.12 bits per heavy atom. The van der Waals surface area contributed by atoms with Gasteiger partial charge in [0.05, 0.1) is 5.92 Å². The second kappa shape index (κ2) is 8.63. The number of nitrogens with zero attached hydrogens (tertiary/aromatic N) is 1. The minimum absolute atomic E-state index is 0.0721. The Bertz CT molecular complexity index is 1110. The lowest BCUT2D eigenvalue weighted by atomic mass is 9.84. The summed E-state index contributed by atoms with van der Waals surface area (Å²) in [5.74, 6) is -4.08. The number of amides is 2. The van der Waals surface area contributed by atoms with Gasteiger partial charge in [-0.2, -0.15) is 0 Å². The molecule has 2 aromatic rings. The largest absolute Gasteiger partial charge is 0.481 e. The lowest BCUT2D eigenvalue weighted by molar-refractivity contribution is -0.145. The van der Waals surface area contributed by atoms with Gasteiger partial charge < -0.3 is 9.84 Å². The number of carbonyl (C=O) groups is 4. The van der Waals surface area contributed by atoms with Crippen LogP contribution in [0.5, 0.6) is 0 Å². The van der Waals surface area contributed by atoms with Crippen molar-refractivity contribution in [1.82, 2.24) is 4.90 Å². The maximum atomic E-state index is 13.2. The predicted molar refractivity (Wildman–Crippen MR) is 121 cm³/mol. The molecule has 1 N–H and O–H groups in total. The summed E-state index contributed by atoms with van der Waals surface area (Å²) < 4.78 is 5.09. The van der Waals surface area contributed by atoms with Gasteiger partial charge in [0.2, 0.25) is 0 Å². The van der Waals surface area contributed by atoms with Gasteiger partial charge in [-0.1, -0.05) is 48.0 Å². The van der Waals surface area contributed by atoms with Crippen LogP contribution in [0.3, 0.4) is 0 Å². The van der Waals surface area contributed by atoms with E-state index < -0.39 is 41.3 Å². The van der Waals surface area contributed by atoms with Crippen molar-refractivity contribution in [2.45, 2.75) is 32.3 Å². The first-order chi connectivity index (χ1) is 15.6. The number of ketones is 1. The van der Waals surface area contributed by atoms with Crippen molar-refractivity contribution in [3.05, 3.63) is 59.1 Å². The smallest absolute Gasteiger partial charge is 0.417 e. The van der Waals surface area contributed by atoms with Crippen LogP contribution in [0.15, 0.2) is 48.5 Å². The Hall–Kier alpha value is -3.19. The molecule has 0 aromatic heterocycles. The van der Waals surface area contributed by atoms with E-state index in [-0.39, 0.29) is 12.3 Å². The molecule has 33 heavy (non-hydrogen) atoms. The van der Waals surface area contributed by atoms with Crippen molar-refractivity contribution in [1.29, 1.82) is 0 Å². The summed E-state index contributed by atoms with van der Waals surface area (Å²) in [5.41, 5.74) is 1.03. The summed E-state index contributed by atoms with van der Waals surface area (Å²) in [5, 5.41) is 10.5. The zero-order valence-corrected chi connectivity index (χ0v) is 19.0. The molecule has 0 spiro atoms. The van der Waals surface area contributed by atoms with E-state index >= 15 is 0 Å². The number of ether oxygens (including phenoxy) is 1. The number of benzene rings is 2. The number of hydrogen-bond donors (Lipinski definition) is 1. The predicted octanol–water partition coefficient (Wildman–Crippen LogP) is 4.67. The van der Waals surface area contributed by atoms with E-state index in [4.69, 9.17) is 16.3 Å². The second-order valence-electron chi connectivity index (χ2n) is 9.05. The molecular weight excluding hydrogens is 446 g/mol. The number of halogens is 1. The summed E-state index contributed by atoms with van der Waals surface area (Å²) in [6, 6.07) is 14.4. The van der Waals surface area contributed by atoms with Crippen molar-refractivity contribution in [3.8, 4) is 11.1 Å². The highest BCUT2D eigenvalue weighted by Gasteiger charge is 2.51. The van der Waals surface area contributed by atoms with Crippen LogP contribution < -0.4 is 0 Å². The van der Waals surface area contributed by atoms with Crippen LogP contribution in [0, 0.1) is 17.8 Å². The average Bonchev–Trinajstić information content (AvgIpc) is 3.28. The average molecular weight is 470 g/mol. The van der Waals surface area contributed by atoms with E-state index in [1.807, 2.05) is 24.3 Å². The topological polar surface area (TPSA) is 101 Å². The fraction of sp³-hybridized carbons (Fsp3) is 0.360. The van der Waals surface area contributed by atoms with Gasteiger partial charge in [-0.3, -0.25) is 14.4 Å². The Morgan fingerprint density at radius 2 is 1.61 bits per heavy atom. The van der Waals surface area contributed by atoms with E-state index in [1.54, 1.807) is 24.3 Å². The van der Waals surface area contributed by atoms with E-state index in [2.05, 4.69) is 0 Å². The van der Waals surface area contributed by atoms with Gasteiger partial charge >= 0.3 is 12.1 Å². The van der Waals surface area contributed by atoms with Gasteiger partial charge in [0.1, 0.15) is 0 Å². The van der Waals surface area contributed by atoms with Crippen molar-refractivity contribution in [2.24, 2.45) is 17.8 Å². The van der Waals surface area contributed by atoms with Crippen LogP contribution in [-0.4, -0.2) is 45.9 Å². The van der Waals surface area contributed by atoms with Gasteiger partial charge in [-0.05, 0) is 55.9 Å². The molecule has 2 amide bonds. The maximum absolute atomic E-state index is 13.2. The molecule has 1 heterocycles. The molecule has 1 saturated heterocycles. The maximum Gasteiger partial charge on any atom is 0.417 e. The molecule has 3 unspecified atom stereocenters. The number of carbonyl (C=O) groups excluding carboxylic acids is 3. The fourth-order valence-corrected chi connectivity index (χ4v) is 4.88. The monoisotopic (exact) mass is 469 g/mol. The number of carboxylic acids is 1. The van der Waals surface area contributed by atoms with Crippen molar-refractivity contribution in [3.63, 3.8) is 0 Å². The summed E-state index contributed by atoms with van der Waals surface area (Å²) in [4.78, 5) is 50.9. The molecular formula is C25H24ClNO6. The van der Waals surface area contributed by atoms with Crippen LogP contribution >= 0.6 is 11.6 Å². The SMILES string of the molecule is CC1(C)OC(=O)N(CC2CCC(C(=O)c3ccc(-c4ccc(Cl)cc4)cc3)C2C(=O)O)C1=O. The molecule has 8 heteroatoms. The van der Waals surface area contributed by atoms with Crippen LogP contribution in [0.25, 0.3) is 11.1 Å². The van der Waals surface area contributed by atoms with E-state index in [1.165, 1.54) is 13.8 Å². The number of cyclic esters (lactones) is 1. The molecule has 1 aliphatic heterocycles. The Labute approximate surface area is 196 Å². The molecule has 4 rings (SSSR count). The first-order valence-electron chi connectivity index (χ1n) is 10.8. The van der Waals surface area contributed by atoms with Crippen LogP contribution in [-0.2, 0) is 14.3 Å². The van der Waals surface area contributed by atoms with Crippen molar-refractivity contribution in [2.75, 3.05) is 6.54 Å². The number of Topliss-reactive ketones (excluding diaryl/α,β-unsaturated/α-hetero) is 1. The summed E-state index contributed by atoms with van der Waals surface area (Å²) >= 11 is 5.93. The Morgan fingerprint density at radius 1 is 1.03 bits per heavy atom. The molecule has 2 aliphatic rings. The zero-order chi connectivity index (χ0) is 23.9. The molecule has 1 aliphatic carbocycles. The van der Waals surface area contributed by atoms with Gasteiger partial charge in [0.15, 0.2) is 11.4 Å². The standard InChI is InChI=1S/C25H24ClNO6/c1-25(2)23(31)27(24(32)33-25)13-17-9-12-19(20(17)22(29)30)21(28)16-5-3-14(4-6-16)15-7-10-18(26)11-8-15/h3-8,10-11,17,19-20H,9,12-13H2,1-2H3,(H,29,30). The lowest BCUT2D eigenvalue weighted by Crippen LogP contribution is -2.41. The third-order valence-corrected chi connectivity index (χ3v) is 6.75. The number of rotatable bonds is 6. The highest BCUT2D eigenvalue weighted by Crippen LogP contribution is 2.41. The van der Waals surface area contributed by atoms with Gasteiger partial charge in [0.25, 0.3) is 5.91 Å². The van der Waals surface area contributed by atoms with Gasteiger partial charge in [-0.25, -0.2) is 9.69 Å². The molecule has 1 saturated carbocycles. The first kappa shape index (κ1) is 23.0. The molecule has 3 atom stereocenters. The van der Waals surface area contributed by atoms with Crippen LogP contribution in [0.2, 0.25) is 5.02 Å². The van der Waals surface area contributed by atoms with Crippen molar-refractivity contribution < 1.29 is 29.0 Å². The number of imide groups is 1. The molecule has 2 fully saturated rings. The molecule has 7 nitrogen and oxygen atoms in total. The summed E-state index contributed by atoms with van der Waals surface area (Å²) in [6.07, 6.45) is 0.0230. The van der Waals surface area contributed by atoms with Crippen molar-refractivity contribution >= 4 is 35.4 Å². The third-order valence-electron chi connectivity index (χ3n) is 6.50.